The number of carboxylic acid groups (broad SMARTS) is 1. The van der Waals surface area contributed by atoms with E-state index < -0.39 is 17.9 Å². The zero-order chi connectivity index (χ0) is 19.0. The van der Waals surface area contributed by atoms with Crippen LogP contribution in [0.1, 0.15) is 65.5 Å². The minimum atomic E-state index is -0.907. The van der Waals surface area contributed by atoms with Gasteiger partial charge in [-0.1, -0.05) is 61.2 Å². The van der Waals surface area contributed by atoms with Crippen LogP contribution in [0.15, 0.2) is 48.5 Å². The molecule has 0 aromatic heterocycles. The van der Waals surface area contributed by atoms with Crippen molar-refractivity contribution >= 4 is 23.5 Å². The van der Waals surface area contributed by atoms with Gasteiger partial charge in [0.05, 0.1) is 6.04 Å². The van der Waals surface area contributed by atoms with Crippen molar-refractivity contribution in [1.82, 2.24) is 4.90 Å². The lowest BCUT2D eigenvalue weighted by molar-refractivity contribution is -0.141. The van der Waals surface area contributed by atoms with Crippen molar-refractivity contribution in [3.63, 3.8) is 0 Å². The van der Waals surface area contributed by atoms with E-state index >= 15 is 0 Å². The molecule has 1 heterocycles. The van der Waals surface area contributed by atoms with Crippen LogP contribution in [0.5, 0.6) is 0 Å². The Bertz CT molecular complexity index is 858. The summed E-state index contributed by atoms with van der Waals surface area (Å²) in [6, 6.07) is 13.9. The zero-order valence-electron chi connectivity index (χ0n) is 15.0. The highest BCUT2D eigenvalue weighted by molar-refractivity contribution is 6.30. The molecule has 5 heteroatoms. The second kappa shape index (κ2) is 7.35. The van der Waals surface area contributed by atoms with Crippen molar-refractivity contribution in [1.29, 1.82) is 0 Å². The number of hydrogen-bond donors (Lipinski definition) is 1. The third-order valence-corrected chi connectivity index (χ3v) is 6.07. The molecule has 2 atom stereocenters. The molecule has 0 spiro atoms. The first-order chi connectivity index (χ1) is 13.1. The molecule has 0 bridgehead atoms. The molecule has 2 aromatic carbocycles. The molecule has 0 radical (unpaired) electrons. The Morgan fingerprint density at radius 1 is 1.00 bits per heavy atom. The van der Waals surface area contributed by atoms with Gasteiger partial charge in [0.2, 0.25) is 0 Å². The van der Waals surface area contributed by atoms with E-state index in [1.54, 1.807) is 36.4 Å². The van der Waals surface area contributed by atoms with Gasteiger partial charge in [0.1, 0.15) is 5.92 Å². The molecule has 2 aliphatic rings. The van der Waals surface area contributed by atoms with Crippen LogP contribution in [-0.2, 0) is 4.79 Å². The molecule has 1 amide bonds. The lowest BCUT2D eigenvalue weighted by atomic mass is 9.77. The quantitative estimate of drug-likeness (QED) is 0.807. The maximum atomic E-state index is 13.4. The van der Waals surface area contributed by atoms with Crippen molar-refractivity contribution in [2.24, 2.45) is 0 Å². The number of amides is 1. The number of fused-ring (bicyclic) bond motifs is 1. The summed E-state index contributed by atoms with van der Waals surface area (Å²) in [6.07, 6.45) is 5.15. The molecule has 140 valence electrons. The van der Waals surface area contributed by atoms with Gasteiger partial charge in [-0.3, -0.25) is 9.59 Å². The van der Waals surface area contributed by atoms with Crippen LogP contribution >= 0.6 is 11.6 Å². The van der Waals surface area contributed by atoms with Gasteiger partial charge in [0.15, 0.2) is 0 Å². The Kier molecular flexibility index (Phi) is 4.92. The minimum Gasteiger partial charge on any atom is -0.481 e. The molecular weight excluding hydrogens is 362 g/mol. The highest BCUT2D eigenvalue weighted by Crippen LogP contribution is 2.45. The predicted molar refractivity (Wildman–Crippen MR) is 104 cm³/mol. The number of halogens is 1. The van der Waals surface area contributed by atoms with E-state index in [9.17, 15) is 14.7 Å². The van der Waals surface area contributed by atoms with Gasteiger partial charge in [0.25, 0.3) is 5.91 Å². The lowest BCUT2D eigenvalue weighted by Gasteiger charge is -2.46. The van der Waals surface area contributed by atoms with Crippen LogP contribution in [0, 0.1) is 0 Å². The fourth-order valence-electron chi connectivity index (χ4n) is 4.59. The smallest absolute Gasteiger partial charge is 0.313 e. The zero-order valence-corrected chi connectivity index (χ0v) is 15.7. The second-order valence-corrected chi connectivity index (χ2v) is 7.84. The van der Waals surface area contributed by atoms with E-state index in [1.807, 2.05) is 17.0 Å². The van der Waals surface area contributed by atoms with Gasteiger partial charge in [-0.2, -0.15) is 0 Å². The van der Waals surface area contributed by atoms with Crippen LogP contribution in [0.2, 0.25) is 5.02 Å². The van der Waals surface area contributed by atoms with Crippen LogP contribution in [0.3, 0.4) is 0 Å². The number of benzene rings is 2. The molecule has 0 saturated heterocycles. The van der Waals surface area contributed by atoms with Crippen LogP contribution in [0.25, 0.3) is 0 Å². The summed E-state index contributed by atoms with van der Waals surface area (Å²) in [7, 11) is 0. The number of carboxylic acids is 1. The summed E-state index contributed by atoms with van der Waals surface area (Å²) in [4.78, 5) is 27.6. The van der Waals surface area contributed by atoms with Crippen LogP contribution in [0.4, 0.5) is 0 Å². The Hall–Kier alpha value is -2.33. The van der Waals surface area contributed by atoms with E-state index in [-0.39, 0.29) is 11.9 Å². The summed E-state index contributed by atoms with van der Waals surface area (Å²) in [5.74, 6) is -1.76. The van der Waals surface area contributed by atoms with Crippen LogP contribution in [-0.4, -0.2) is 27.9 Å². The fraction of sp³-hybridized carbons (Fsp3) is 0.364. The van der Waals surface area contributed by atoms with Gasteiger partial charge >= 0.3 is 5.97 Å². The summed E-state index contributed by atoms with van der Waals surface area (Å²) >= 11 is 6.05. The van der Waals surface area contributed by atoms with Crippen molar-refractivity contribution in [3.05, 3.63) is 70.2 Å². The third kappa shape index (κ3) is 3.23. The highest BCUT2D eigenvalue weighted by Gasteiger charge is 2.46. The van der Waals surface area contributed by atoms with Gasteiger partial charge in [-0.25, -0.2) is 0 Å². The summed E-state index contributed by atoms with van der Waals surface area (Å²) in [6.45, 7) is 0. The Labute approximate surface area is 163 Å². The second-order valence-electron chi connectivity index (χ2n) is 7.40. The molecule has 2 aromatic rings. The van der Waals surface area contributed by atoms with E-state index in [2.05, 4.69) is 0 Å². The first kappa shape index (κ1) is 18.1. The molecule has 1 aliphatic carbocycles. The highest BCUT2D eigenvalue weighted by atomic mass is 35.5. The van der Waals surface area contributed by atoms with Crippen molar-refractivity contribution in [3.8, 4) is 0 Å². The molecule has 0 unspecified atom stereocenters. The number of carbonyl (C=O) groups is 2. The van der Waals surface area contributed by atoms with E-state index in [0.717, 1.165) is 31.2 Å². The van der Waals surface area contributed by atoms with Gasteiger partial charge < -0.3 is 10.0 Å². The van der Waals surface area contributed by atoms with E-state index in [0.29, 0.717) is 16.1 Å². The molecule has 27 heavy (non-hydrogen) atoms. The molecule has 4 nitrogen and oxygen atoms in total. The van der Waals surface area contributed by atoms with Crippen molar-refractivity contribution in [2.45, 2.75) is 50.1 Å². The van der Waals surface area contributed by atoms with Gasteiger partial charge in [-0.15, -0.1) is 0 Å². The third-order valence-electron chi connectivity index (χ3n) is 5.82. The standard InChI is InChI=1S/C22H22ClNO3/c23-15-12-10-14(11-13-15)20-19(22(26)27)17-8-4-5-9-18(17)21(25)24(20)16-6-2-1-3-7-16/h4-5,8-13,16,19-20H,1-3,6-7H2,(H,26,27)/t19-,20+/m1/s1. The SMILES string of the molecule is O=C(O)[C@@H]1c2ccccc2C(=O)N(C2CCCCC2)[C@H]1c1ccc(Cl)cc1. The van der Waals surface area contributed by atoms with Crippen molar-refractivity contribution in [2.75, 3.05) is 0 Å². The minimum absolute atomic E-state index is 0.0602. The summed E-state index contributed by atoms with van der Waals surface area (Å²) < 4.78 is 0. The number of carbonyl (C=O) groups excluding carboxylic acids is 1. The predicted octanol–water partition coefficient (Wildman–Crippen LogP) is 5.04. The molecule has 1 fully saturated rings. The monoisotopic (exact) mass is 383 g/mol. The van der Waals surface area contributed by atoms with Gasteiger partial charge in [-0.05, 0) is 42.2 Å². The van der Waals surface area contributed by atoms with E-state index in [1.165, 1.54) is 6.42 Å². The summed E-state index contributed by atoms with van der Waals surface area (Å²) in [5.41, 5.74) is 1.93. The molecule has 1 saturated carbocycles. The number of hydrogen-bond acceptors (Lipinski definition) is 2. The Morgan fingerprint density at radius 2 is 1.67 bits per heavy atom. The maximum absolute atomic E-state index is 13.4. The number of rotatable bonds is 3. The normalized spacial score (nSPS) is 23.1. The van der Waals surface area contributed by atoms with Crippen LogP contribution < -0.4 is 0 Å². The number of nitrogens with zero attached hydrogens (tertiary/aromatic N) is 1. The van der Waals surface area contributed by atoms with Gasteiger partial charge in [0, 0.05) is 16.6 Å². The average Bonchev–Trinajstić information content (AvgIpc) is 2.69. The maximum Gasteiger partial charge on any atom is 0.313 e. The first-order valence-electron chi connectivity index (χ1n) is 9.48. The van der Waals surface area contributed by atoms with E-state index in [4.69, 9.17) is 11.6 Å². The molecular formula is C22H22ClNO3. The largest absolute Gasteiger partial charge is 0.481 e. The summed E-state index contributed by atoms with van der Waals surface area (Å²) in [5, 5.41) is 10.7. The number of aliphatic carboxylic acids is 1. The molecule has 1 aliphatic heterocycles. The topological polar surface area (TPSA) is 57.6 Å². The molecule has 1 N–H and O–H groups in total. The average molecular weight is 384 g/mol. The Balaban J connectivity index is 1.89. The molecule has 4 rings (SSSR count). The lowest BCUT2D eigenvalue weighted by Crippen LogP contribution is -2.50. The Morgan fingerprint density at radius 3 is 2.33 bits per heavy atom. The first-order valence-corrected chi connectivity index (χ1v) is 9.85. The van der Waals surface area contributed by atoms with Crippen molar-refractivity contribution < 1.29 is 14.7 Å². The fourth-order valence-corrected chi connectivity index (χ4v) is 4.72.